The number of hydrogen-bond acceptors (Lipinski definition) is 3. The van der Waals surface area contributed by atoms with Gasteiger partial charge in [0.1, 0.15) is 6.04 Å². The lowest BCUT2D eigenvalue weighted by molar-refractivity contribution is -0.138. The largest absolute Gasteiger partial charge is 0.480 e. The van der Waals surface area contributed by atoms with Crippen molar-refractivity contribution < 1.29 is 19.5 Å². The van der Waals surface area contributed by atoms with E-state index in [1.807, 2.05) is 0 Å². The third-order valence-corrected chi connectivity index (χ3v) is 3.04. The van der Waals surface area contributed by atoms with Crippen molar-refractivity contribution in [3.63, 3.8) is 0 Å². The number of carbonyl (C=O) groups excluding carboxylic acids is 2. The molecule has 1 fully saturated rings. The van der Waals surface area contributed by atoms with Gasteiger partial charge in [-0.3, -0.25) is 14.4 Å². The Morgan fingerprint density at radius 1 is 1.10 bits per heavy atom. The molecular formula is C14H16N2O4. The van der Waals surface area contributed by atoms with Crippen LogP contribution in [0.2, 0.25) is 0 Å². The van der Waals surface area contributed by atoms with Gasteiger partial charge in [0.25, 0.3) is 11.8 Å². The van der Waals surface area contributed by atoms with Crippen LogP contribution in [0.1, 0.15) is 40.5 Å². The Kier molecular flexibility index (Phi) is 4.02. The molecule has 20 heavy (non-hydrogen) atoms. The molecule has 2 amide bonds. The number of amides is 2. The Hall–Kier alpha value is -2.37. The van der Waals surface area contributed by atoms with Gasteiger partial charge in [0.2, 0.25) is 0 Å². The standard InChI is InChI=1S/C14H16N2O4/c1-8(14(19)20)15-12(17)9-2-4-10(5-3-9)13(18)16-11-6-7-11/h2-5,8,11H,6-7H2,1H3,(H,15,17)(H,16,18)(H,19,20). The van der Waals surface area contributed by atoms with Gasteiger partial charge in [0.05, 0.1) is 0 Å². The molecule has 0 heterocycles. The zero-order chi connectivity index (χ0) is 14.7. The van der Waals surface area contributed by atoms with Gasteiger partial charge in [-0.2, -0.15) is 0 Å². The number of aliphatic carboxylic acids is 1. The monoisotopic (exact) mass is 276 g/mol. The van der Waals surface area contributed by atoms with E-state index >= 15 is 0 Å². The van der Waals surface area contributed by atoms with Crippen LogP contribution in [0.4, 0.5) is 0 Å². The minimum Gasteiger partial charge on any atom is -0.480 e. The molecule has 1 atom stereocenters. The van der Waals surface area contributed by atoms with E-state index in [4.69, 9.17) is 5.11 Å². The Balaban J connectivity index is 1.98. The lowest BCUT2D eigenvalue weighted by Gasteiger charge is -2.09. The zero-order valence-corrected chi connectivity index (χ0v) is 11.1. The number of nitrogens with one attached hydrogen (secondary N) is 2. The van der Waals surface area contributed by atoms with Crippen LogP contribution in [0.25, 0.3) is 0 Å². The lowest BCUT2D eigenvalue weighted by atomic mass is 10.1. The molecule has 3 N–H and O–H groups in total. The van der Waals surface area contributed by atoms with E-state index in [-0.39, 0.29) is 11.9 Å². The first-order valence-corrected chi connectivity index (χ1v) is 6.42. The minimum absolute atomic E-state index is 0.154. The predicted molar refractivity (Wildman–Crippen MR) is 71.5 cm³/mol. The summed E-state index contributed by atoms with van der Waals surface area (Å²) in [6.07, 6.45) is 2.03. The number of hydrogen-bond donors (Lipinski definition) is 3. The normalized spacial score (nSPS) is 15.2. The summed E-state index contributed by atoms with van der Waals surface area (Å²) >= 11 is 0. The van der Waals surface area contributed by atoms with Gasteiger partial charge in [0.15, 0.2) is 0 Å². The molecule has 1 aliphatic rings. The predicted octanol–water partition coefficient (Wildman–Crippen LogP) is 0.782. The van der Waals surface area contributed by atoms with E-state index in [9.17, 15) is 14.4 Å². The number of benzene rings is 1. The average molecular weight is 276 g/mol. The highest BCUT2D eigenvalue weighted by Gasteiger charge is 2.23. The molecule has 1 aromatic rings. The molecule has 6 heteroatoms. The van der Waals surface area contributed by atoms with Crippen LogP contribution in [0.15, 0.2) is 24.3 Å². The van der Waals surface area contributed by atoms with E-state index in [0.29, 0.717) is 11.1 Å². The van der Waals surface area contributed by atoms with Crippen LogP contribution < -0.4 is 10.6 Å². The summed E-state index contributed by atoms with van der Waals surface area (Å²) in [5.74, 6) is -1.73. The highest BCUT2D eigenvalue weighted by Crippen LogP contribution is 2.19. The van der Waals surface area contributed by atoms with Crippen molar-refractivity contribution in [3.05, 3.63) is 35.4 Å². The maximum absolute atomic E-state index is 11.8. The highest BCUT2D eigenvalue weighted by atomic mass is 16.4. The molecule has 1 unspecified atom stereocenters. The van der Waals surface area contributed by atoms with Crippen molar-refractivity contribution in [2.24, 2.45) is 0 Å². The Morgan fingerprint density at radius 3 is 2.05 bits per heavy atom. The van der Waals surface area contributed by atoms with E-state index in [0.717, 1.165) is 12.8 Å². The van der Waals surface area contributed by atoms with Gasteiger partial charge in [-0.25, -0.2) is 0 Å². The van der Waals surface area contributed by atoms with Crippen molar-refractivity contribution in [2.75, 3.05) is 0 Å². The van der Waals surface area contributed by atoms with Crippen molar-refractivity contribution in [1.82, 2.24) is 10.6 Å². The summed E-state index contributed by atoms with van der Waals surface area (Å²) in [4.78, 5) is 34.2. The highest BCUT2D eigenvalue weighted by molar-refractivity contribution is 5.99. The summed E-state index contributed by atoms with van der Waals surface area (Å²) in [6.45, 7) is 1.39. The van der Waals surface area contributed by atoms with Crippen LogP contribution in [0.3, 0.4) is 0 Å². The average Bonchev–Trinajstić information content (AvgIpc) is 3.22. The molecule has 6 nitrogen and oxygen atoms in total. The fourth-order valence-corrected chi connectivity index (χ4v) is 1.61. The molecule has 2 rings (SSSR count). The maximum Gasteiger partial charge on any atom is 0.325 e. The zero-order valence-electron chi connectivity index (χ0n) is 11.1. The maximum atomic E-state index is 11.8. The fourth-order valence-electron chi connectivity index (χ4n) is 1.61. The smallest absolute Gasteiger partial charge is 0.325 e. The molecule has 1 aliphatic carbocycles. The van der Waals surface area contributed by atoms with Crippen LogP contribution in [-0.4, -0.2) is 35.0 Å². The molecular weight excluding hydrogens is 260 g/mol. The summed E-state index contributed by atoms with van der Waals surface area (Å²) in [7, 11) is 0. The number of rotatable bonds is 5. The first-order chi connectivity index (χ1) is 9.47. The molecule has 0 aromatic heterocycles. The number of carbonyl (C=O) groups is 3. The number of carboxylic acids is 1. The van der Waals surface area contributed by atoms with E-state index in [2.05, 4.69) is 10.6 Å². The summed E-state index contributed by atoms with van der Waals surface area (Å²) in [6, 6.07) is 5.44. The SMILES string of the molecule is CC(NC(=O)c1ccc(C(=O)NC2CC2)cc1)C(=O)O. The molecule has 1 saturated carbocycles. The minimum atomic E-state index is -1.10. The fraction of sp³-hybridized carbons (Fsp3) is 0.357. The molecule has 0 saturated heterocycles. The van der Waals surface area contributed by atoms with Crippen molar-refractivity contribution >= 4 is 17.8 Å². The van der Waals surface area contributed by atoms with Gasteiger partial charge in [0, 0.05) is 17.2 Å². The summed E-state index contributed by atoms with van der Waals surface area (Å²) in [5, 5.41) is 13.9. The lowest BCUT2D eigenvalue weighted by Crippen LogP contribution is -2.38. The second-order valence-corrected chi connectivity index (χ2v) is 4.86. The van der Waals surface area contributed by atoms with Gasteiger partial charge >= 0.3 is 5.97 Å². The molecule has 1 aromatic carbocycles. The van der Waals surface area contributed by atoms with Gasteiger partial charge in [-0.1, -0.05) is 0 Å². The summed E-state index contributed by atoms with van der Waals surface area (Å²) < 4.78 is 0. The van der Waals surface area contributed by atoms with Gasteiger partial charge < -0.3 is 15.7 Å². The molecule has 0 aliphatic heterocycles. The van der Waals surface area contributed by atoms with Crippen molar-refractivity contribution in [3.8, 4) is 0 Å². The topological polar surface area (TPSA) is 95.5 Å². The van der Waals surface area contributed by atoms with Gasteiger partial charge in [-0.05, 0) is 44.0 Å². The Morgan fingerprint density at radius 2 is 1.60 bits per heavy atom. The molecule has 106 valence electrons. The summed E-state index contributed by atoms with van der Waals surface area (Å²) in [5.41, 5.74) is 0.806. The molecule has 0 radical (unpaired) electrons. The quantitative estimate of drug-likeness (QED) is 0.740. The van der Waals surface area contributed by atoms with Crippen LogP contribution in [-0.2, 0) is 4.79 Å². The van der Waals surface area contributed by atoms with Crippen LogP contribution in [0, 0.1) is 0 Å². The van der Waals surface area contributed by atoms with Crippen LogP contribution >= 0.6 is 0 Å². The first kappa shape index (κ1) is 14.0. The number of carboxylic acid groups (broad SMARTS) is 1. The van der Waals surface area contributed by atoms with Crippen molar-refractivity contribution in [1.29, 1.82) is 0 Å². The van der Waals surface area contributed by atoms with Crippen LogP contribution in [0.5, 0.6) is 0 Å². The second kappa shape index (κ2) is 5.73. The third-order valence-electron chi connectivity index (χ3n) is 3.04. The molecule has 0 bridgehead atoms. The second-order valence-electron chi connectivity index (χ2n) is 4.86. The van der Waals surface area contributed by atoms with E-state index in [1.165, 1.54) is 19.1 Å². The first-order valence-electron chi connectivity index (χ1n) is 6.42. The Bertz CT molecular complexity index is 535. The van der Waals surface area contributed by atoms with E-state index < -0.39 is 17.9 Å². The Labute approximate surface area is 116 Å². The third kappa shape index (κ3) is 3.57. The van der Waals surface area contributed by atoms with E-state index in [1.54, 1.807) is 12.1 Å². The molecule has 0 spiro atoms. The van der Waals surface area contributed by atoms with Gasteiger partial charge in [-0.15, -0.1) is 0 Å². The van der Waals surface area contributed by atoms with Crippen molar-refractivity contribution in [2.45, 2.75) is 31.8 Å².